The Labute approximate surface area is 221 Å². The minimum Gasteiger partial charge on any atom is -0.493 e. The SMILES string of the molecule is COc1ccc(C(=O)NCC(=O)NN=Cc2ccc(OC(=O)c3ccccc3Br)c(OC)c2)cc1OC. The van der Waals surface area contributed by atoms with E-state index >= 15 is 0 Å². The van der Waals surface area contributed by atoms with Crippen LogP contribution in [0.4, 0.5) is 0 Å². The molecule has 0 aromatic heterocycles. The number of hydrogen-bond acceptors (Lipinski definition) is 8. The maximum Gasteiger partial charge on any atom is 0.344 e. The summed E-state index contributed by atoms with van der Waals surface area (Å²) in [6.45, 7) is -0.294. The van der Waals surface area contributed by atoms with Crippen LogP contribution in [0.1, 0.15) is 26.3 Å². The number of ether oxygens (including phenoxy) is 4. The van der Waals surface area contributed by atoms with E-state index in [1.807, 2.05) is 0 Å². The van der Waals surface area contributed by atoms with Crippen LogP contribution in [-0.2, 0) is 4.79 Å². The number of hydrazone groups is 1. The number of nitrogens with one attached hydrogen (secondary N) is 2. The summed E-state index contributed by atoms with van der Waals surface area (Å²) in [4.78, 5) is 36.9. The third-order valence-corrected chi connectivity index (χ3v) is 5.63. The molecule has 0 radical (unpaired) electrons. The standard InChI is InChI=1S/C26H24BrN3O7/c1-34-20-11-9-17(13-23(20)36-3)25(32)28-15-24(31)30-29-14-16-8-10-21(22(12-16)35-2)37-26(33)18-6-4-5-7-19(18)27/h4-14H,15H2,1-3H3,(H,28,32)(H,30,31). The number of nitrogens with zero attached hydrogens (tertiary/aromatic N) is 1. The van der Waals surface area contributed by atoms with Gasteiger partial charge in [0.1, 0.15) is 0 Å². The van der Waals surface area contributed by atoms with Crippen LogP contribution in [0.2, 0.25) is 0 Å². The quantitative estimate of drug-likeness (QED) is 0.165. The maximum atomic E-state index is 12.5. The molecule has 2 N–H and O–H groups in total. The van der Waals surface area contributed by atoms with E-state index in [1.165, 1.54) is 33.6 Å². The first kappa shape index (κ1) is 27.2. The van der Waals surface area contributed by atoms with E-state index in [0.717, 1.165) is 0 Å². The molecular weight excluding hydrogens is 546 g/mol. The molecule has 0 fully saturated rings. The molecule has 0 aliphatic rings. The van der Waals surface area contributed by atoms with Gasteiger partial charge in [0.15, 0.2) is 23.0 Å². The summed E-state index contributed by atoms with van der Waals surface area (Å²) in [7, 11) is 4.40. The van der Waals surface area contributed by atoms with E-state index in [-0.39, 0.29) is 12.3 Å². The first-order valence-corrected chi connectivity index (χ1v) is 11.6. The first-order valence-electron chi connectivity index (χ1n) is 10.8. The number of amides is 2. The Hall–Kier alpha value is -4.38. The highest BCUT2D eigenvalue weighted by atomic mass is 79.9. The van der Waals surface area contributed by atoms with Crippen molar-refractivity contribution >= 4 is 39.9 Å². The Bertz CT molecular complexity index is 1330. The van der Waals surface area contributed by atoms with Gasteiger partial charge in [0.05, 0.1) is 39.7 Å². The molecule has 0 bridgehead atoms. The number of esters is 1. The fourth-order valence-electron chi connectivity index (χ4n) is 3.09. The Kier molecular flexibility index (Phi) is 9.61. The highest BCUT2D eigenvalue weighted by Crippen LogP contribution is 2.29. The summed E-state index contributed by atoms with van der Waals surface area (Å²) in [6, 6.07) is 16.4. The molecular formula is C26H24BrN3O7. The summed E-state index contributed by atoms with van der Waals surface area (Å²) < 4.78 is 21.7. The van der Waals surface area contributed by atoms with E-state index in [1.54, 1.807) is 54.6 Å². The predicted molar refractivity (Wildman–Crippen MR) is 140 cm³/mol. The van der Waals surface area contributed by atoms with Gasteiger partial charge >= 0.3 is 5.97 Å². The molecule has 3 aromatic rings. The van der Waals surface area contributed by atoms with Crippen LogP contribution >= 0.6 is 15.9 Å². The molecule has 37 heavy (non-hydrogen) atoms. The van der Waals surface area contributed by atoms with Crippen molar-refractivity contribution in [1.29, 1.82) is 0 Å². The zero-order valence-corrected chi connectivity index (χ0v) is 21.8. The van der Waals surface area contributed by atoms with Gasteiger partial charge in [-0.15, -0.1) is 0 Å². The predicted octanol–water partition coefficient (Wildman–Crippen LogP) is 3.57. The third-order valence-electron chi connectivity index (χ3n) is 4.94. The van der Waals surface area contributed by atoms with Crippen molar-refractivity contribution in [1.82, 2.24) is 10.7 Å². The average Bonchev–Trinajstić information content (AvgIpc) is 2.92. The highest BCUT2D eigenvalue weighted by Gasteiger charge is 2.15. The number of halogens is 1. The van der Waals surface area contributed by atoms with Gasteiger partial charge in [0.25, 0.3) is 11.8 Å². The van der Waals surface area contributed by atoms with Gasteiger partial charge < -0.3 is 24.3 Å². The molecule has 192 valence electrons. The second-order valence-electron chi connectivity index (χ2n) is 7.33. The fraction of sp³-hybridized carbons (Fsp3) is 0.154. The number of carbonyl (C=O) groups excluding carboxylic acids is 3. The summed E-state index contributed by atoms with van der Waals surface area (Å²) in [5.74, 6) is -0.130. The van der Waals surface area contributed by atoms with Crippen LogP contribution in [0.15, 0.2) is 70.2 Å². The van der Waals surface area contributed by atoms with Crippen LogP contribution in [0.5, 0.6) is 23.0 Å². The van der Waals surface area contributed by atoms with E-state index in [2.05, 4.69) is 31.8 Å². The third kappa shape index (κ3) is 7.31. The lowest BCUT2D eigenvalue weighted by atomic mass is 10.2. The minimum absolute atomic E-state index is 0.224. The number of benzene rings is 3. The summed E-state index contributed by atoms with van der Waals surface area (Å²) in [6.07, 6.45) is 1.38. The monoisotopic (exact) mass is 569 g/mol. The van der Waals surface area contributed by atoms with Crippen LogP contribution in [0.25, 0.3) is 0 Å². The van der Waals surface area contributed by atoms with Crippen molar-refractivity contribution in [2.45, 2.75) is 0 Å². The van der Waals surface area contributed by atoms with Crippen molar-refractivity contribution in [2.24, 2.45) is 5.10 Å². The smallest absolute Gasteiger partial charge is 0.344 e. The number of carbonyl (C=O) groups is 3. The Morgan fingerprint density at radius 1 is 0.865 bits per heavy atom. The molecule has 0 saturated carbocycles. The fourth-order valence-corrected chi connectivity index (χ4v) is 3.54. The second-order valence-corrected chi connectivity index (χ2v) is 8.18. The van der Waals surface area contributed by atoms with E-state index < -0.39 is 17.8 Å². The Morgan fingerprint density at radius 2 is 1.54 bits per heavy atom. The van der Waals surface area contributed by atoms with Crippen LogP contribution in [0.3, 0.4) is 0 Å². The van der Waals surface area contributed by atoms with Crippen molar-refractivity contribution in [3.63, 3.8) is 0 Å². The van der Waals surface area contributed by atoms with Gasteiger partial charge in [-0.3, -0.25) is 9.59 Å². The topological polar surface area (TPSA) is 125 Å². The van der Waals surface area contributed by atoms with Gasteiger partial charge in [-0.25, -0.2) is 10.2 Å². The van der Waals surface area contributed by atoms with E-state index in [0.29, 0.717) is 38.4 Å². The summed E-state index contributed by atoms with van der Waals surface area (Å²) in [5, 5.41) is 6.39. The molecule has 0 atom stereocenters. The van der Waals surface area contributed by atoms with Crippen molar-refractivity contribution in [3.05, 3.63) is 81.8 Å². The summed E-state index contributed by atoms with van der Waals surface area (Å²) >= 11 is 3.32. The molecule has 0 aliphatic carbocycles. The van der Waals surface area contributed by atoms with Crippen molar-refractivity contribution < 1.29 is 33.3 Å². The molecule has 3 aromatic carbocycles. The Morgan fingerprint density at radius 3 is 2.24 bits per heavy atom. The van der Waals surface area contributed by atoms with Crippen molar-refractivity contribution in [2.75, 3.05) is 27.9 Å². The van der Waals surface area contributed by atoms with Gasteiger partial charge in [0, 0.05) is 10.0 Å². The molecule has 2 amide bonds. The number of hydrogen-bond donors (Lipinski definition) is 2. The molecule has 0 unspecified atom stereocenters. The molecule has 0 saturated heterocycles. The highest BCUT2D eigenvalue weighted by molar-refractivity contribution is 9.10. The number of methoxy groups -OCH3 is 3. The zero-order chi connectivity index (χ0) is 26.8. The molecule has 10 nitrogen and oxygen atoms in total. The molecule has 0 spiro atoms. The first-order chi connectivity index (χ1) is 17.9. The molecule has 0 aliphatic heterocycles. The second kappa shape index (κ2) is 13.1. The lowest BCUT2D eigenvalue weighted by Gasteiger charge is -2.10. The van der Waals surface area contributed by atoms with E-state index in [9.17, 15) is 14.4 Å². The molecule has 0 heterocycles. The van der Waals surface area contributed by atoms with Gasteiger partial charge in [-0.1, -0.05) is 12.1 Å². The average molecular weight is 570 g/mol. The molecule has 3 rings (SSSR count). The Balaban J connectivity index is 1.55. The normalized spacial score (nSPS) is 10.5. The maximum absolute atomic E-state index is 12.5. The lowest BCUT2D eigenvalue weighted by Crippen LogP contribution is -2.34. The zero-order valence-electron chi connectivity index (χ0n) is 20.2. The summed E-state index contributed by atoms with van der Waals surface area (Å²) in [5.41, 5.74) is 3.58. The minimum atomic E-state index is -0.547. The van der Waals surface area contributed by atoms with Gasteiger partial charge in [-0.2, -0.15) is 5.10 Å². The van der Waals surface area contributed by atoms with E-state index in [4.69, 9.17) is 18.9 Å². The largest absolute Gasteiger partial charge is 0.493 e. The number of rotatable bonds is 10. The van der Waals surface area contributed by atoms with Gasteiger partial charge in [0.2, 0.25) is 0 Å². The van der Waals surface area contributed by atoms with Crippen molar-refractivity contribution in [3.8, 4) is 23.0 Å². The molecule has 11 heteroatoms. The van der Waals surface area contributed by atoms with Gasteiger partial charge in [-0.05, 0) is 70.0 Å². The van der Waals surface area contributed by atoms with Crippen LogP contribution in [0, 0.1) is 0 Å². The lowest BCUT2D eigenvalue weighted by molar-refractivity contribution is -0.120. The van der Waals surface area contributed by atoms with Crippen LogP contribution in [-0.4, -0.2) is 51.9 Å². The van der Waals surface area contributed by atoms with Crippen LogP contribution < -0.4 is 29.7 Å².